The lowest BCUT2D eigenvalue weighted by Gasteiger charge is -2.27. The van der Waals surface area contributed by atoms with Crippen LogP contribution in [0, 0.1) is 0 Å². The first-order valence-corrected chi connectivity index (χ1v) is 5.28. The molecule has 1 aliphatic heterocycles. The Morgan fingerprint density at radius 2 is 2.27 bits per heavy atom. The van der Waals surface area contributed by atoms with Crippen LogP contribution in [0.1, 0.15) is 22.3 Å². The van der Waals surface area contributed by atoms with E-state index in [1.54, 1.807) is 7.05 Å². The fourth-order valence-corrected chi connectivity index (χ4v) is 2.07. The van der Waals surface area contributed by atoms with Gasteiger partial charge in [-0.15, -0.1) is 0 Å². The molecule has 0 unspecified atom stereocenters. The molecule has 1 N–H and O–H groups in total. The van der Waals surface area contributed by atoms with Gasteiger partial charge in [-0.05, 0) is 36.6 Å². The van der Waals surface area contributed by atoms with Crippen molar-refractivity contribution in [2.24, 2.45) is 0 Å². The molecule has 1 aromatic rings. The number of nitrogens with one attached hydrogen (secondary N) is 1. The Morgan fingerprint density at radius 3 is 3.00 bits per heavy atom. The highest BCUT2D eigenvalue weighted by Gasteiger charge is 2.15. The highest BCUT2D eigenvalue weighted by Crippen LogP contribution is 2.26. The summed E-state index contributed by atoms with van der Waals surface area (Å²) in [5, 5.41) is 2.65. The van der Waals surface area contributed by atoms with Crippen molar-refractivity contribution in [2.45, 2.75) is 12.8 Å². The van der Waals surface area contributed by atoms with E-state index in [1.165, 1.54) is 17.7 Å². The van der Waals surface area contributed by atoms with Crippen molar-refractivity contribution in [1.82, 2.24) is 5.32 Å². The Balaban J connectivity index is 2.37. The molecule has 0 radical (unpaired) electrons. The second-order valence-electron chi connectivity index (χ2n) is 3.95. The molecule has 0 aromatic heterocycles. The lowest BCUT2D eigenvalue weighted by molar-refractivity contribution is 0.0963. The first-order chi connectivity index (χ1) is 7.22. The molecule has 0 saturated heterocycles. The third kappa shape index (κ3) is 1.82. The summed E-state index contributed by atoms with van der Waals surface area (Å²) in [6.07, 6.45) is 2.24. The number of carbonyl (C=O) groups is 1. The molecule has 1 amide bonds. The number of aryl methyl sites for hydroxylation is 1. The Kier molecular flexibility index (Phi) is 2.62. The fraction of sp³-hybridized carbons (Fsp3) is 0.417. The number of hydrogen-bond donors (Lipinski definition) is 1. The summed E-state index contributed by atoms with van der Waals surface area (Å²) in [5.74, 6) is -0.00831. The van der Waals surface area contributed by atoms with Gasteiger partial charge in [-0.1, -0.05) is 0 Å². The molecule has 3 nitrogen and oxygen atoms in total. The molecule has 1 heterocycles. The molecule has 2 rings (SSSR count). The van der Waals surface area contributed by atoms with Crippen LogP contribution in [-0.4, -0.2) is 26.5 Å². The van der Waals surface area contributed by atoms with Gasteiger partial charge in [0.2, 0.25) is 0 Å². The number of rotatable bonds is 1. The van der Waals surface area contributed by atoms with E-state index in [2.05, 4.69) is 17.3 Å². The van der Waals surface area contributed by atoms with Crippen LogP contribution in [0.2, 0.25) is 0 Å². The zero-order valence-corrected chi connectivity index (χ0v) is 9.21. The Morgan fingerprint density at radius 1 is 1.47 bits per heavy atom. The zero-order chi connectivity index (χ0) is 10.8. The topological polar surface area (TPSA) is 32.3 Å². The largest absolute Gasteiger partial charge is 0.374 e. The molecule has 80 valence electrons. The summed E-state index contributed by atoms with van der Waals surface area (Å²) in [6.45, 7) is 1.10. The van der Waals surface area contributed by atoms with E-state index < -0.39 is 0 Å². The second kappa shape index (κ2) is 3.93. The van der Waals surface area contributed by atoms with Crippen LogP contribution in [0.3, 0.4) is 0 Å². The maximum Gasteiger partial charge on any atom is 0.251 e. The summed E-state index contributed by atoms with van der Waals surface area (Å²) < 4.78 is 0. The van der Waals surface area contributed by atoms with E-state index in [0.29, 0.717) is 0 Å². The second-order valence-corrected chi connectivity index (χ2v) is 3.95. The summed E-state index contributed by atoms with van der Waals surface area (Å²) in [4.78, 5) is 13.7. The number of carbonyl (C=O) groups excluding carboxylic acids is 1. The van der Waals surface area contributed by atoms with Crippen molar-refractivity contribution in [2.75, 3.05) is 25.5 Å². The standard InChI is InChI=1S/C12H16N2O/c1-13-12(15)10-5-6-11-9(8-10)4-3-7-14(11)2/h5-6,8H,3-4,7H2,1-2H3,(H,13,15). The molecule has 15 heavy (non-hydrogen) atoms. The van der Waals surface area contributed by atoms with Crippen molar-refractivity contribution in [3.8, 4) is 0 Å². The first kappa shape index (κ1) is 10.0. The summed E-state index contributed by atoms with van der Waals surface area (Å²) in [7, 11) is 3.76. The molecule has 0 aliphatic carbocycles. The third-order valence-electron chi connectivity index (χ3n) is 2.92. The molecule has 1 aliphatic rings. The number of benzene rings is 1. The molecular weight excluding hydrogens is 188 g/mol. The number of fused-ring (bicyclic) bond motifs is 1. The van der Waals surface area contributed by atoms with Crippen molar-refractivity contribution in [1.29, 1.82) is 0 Å². The smallest absolute Gasteiger partial charge is 0.251 e. The van der Waals surface area contributed by atoms with Crippen LogP contribution in [0.4, 0.5) is 5.69 Å². The lowest BCUT2D eigenvalue weighted by atomic mass is 9.99. The Hall–Kier alpha value is -1.51. The predicted molar refractivity (Wildman–Crippen MR) is 61.4 cm³/mol. The molecule has 0 fully saturated rings. The number of hydrogen-bond acceptors (Lipinski definition) is 2. The third-order valence-corrected chi connectivity index (χ3v) is 2.92. The van der Waals surface area contributed by atoms with Gasteiger partial charge in [-0.25, -0.2) is 0 Å². The predicted octanol–water partition coefficient (Wildman–Crippen LogP) is 1.43. The van der Waals surface area contributed by atoms with Gasteiger partial charge in [0.05, 0.1) is 0 Å². The van der Waals surface area contributed by atoms with Crippen molar-refractivity contribution < 1.29 is 4.79 Å². The average Bonchev–Trinajstić information content (AvgIpc) is 2.28. The normalized spacial score (nSPS) is 14.7. The molecule has 0 atom stereocenters. The summed E-state index contributed by atoms with van der Waals surface area (Å²) in [6, 6.07) is 5.93. The van der Waals surface area contributed by atoms with Crippen LogP contribution < -0.4 is 10.2 Å². The van der Waals surface area contributed by atoms with Gasteiger partial charge >= 0.3 is 0 Å². The van der Waals surface area contributed by atoms with E-state index >= 15 is 0 Å². The van der Waals surface area contributed by atoms with Crippen LogP contribution in [0.5, 0.6) is 0 Å². The van der Waals surface area contributed by atoms with Gasteiger partial charge in [-0.3, -0.25) is 4.79 Å². The van der Waals surface area contributed by atoms with Crippen molar-refractivity contribution in [3.05, 3.63) is 29.3 Å². The van der Waals surface area contributed by atoms with E-state index in [4.69, 9.17) is 0 Å². The van der Waals surface area contributed by atoms with Crippen LogP contribution in [0.25, 0.3) is 0 Å². The molecule has 0 bridgehead atoms. The number of anilines is 1. The quantitative estimate of drug-likeness (QED) is 0.750. The molecule has 0 saturated carbocycles. The highest BCUT2D eigenvalue weighted by molar-refractivity contribution is 5.94. The molecule has 3 heteroatoms. The minimum absolute atomic E-state index is 0.00831. The minimum atomic E-state index is -0.00831. The molecule has 1 aromatic carbocycles. The number of amides is 1. The van der Waals surface area contributed by atoms with Crippen LogP contribution >= 0.6 is 0 Å². The van der Waals surface area contributed by atoms with Gasteiger partial charge in [-0.2, -0.15) is 0 Å². The van der Waals surface area contributed by atoms with Gasteiger partial charge < -0.3 is 10.2 Å². The van der Waals surface area contributed by atoms with Gasteiger partial charge in [0.1, 0.15) is 0 Å². The van der Waals surface area contributed by atoms with Crippen LogP contribution in [0.15, 0.2) is 18.2 Å². The van der Waals surface area contributed by atoms with Crippen LogP contribution in [-0.2, 0) is 6.42 Å². The fourth-order valence-electron chi connectivity index (χ4n) is 2.07. The maximum atomic E-state index is 11.5. The maximum absolute atomic E-state index is 11.5. The van der Waals surface area contributed by atoms with E-state index in [1.807, 2.05) is 18.2 Å². The molecule has 0 spiro atoms. The monoisotopic (exact) mass is 204 g/mol. The zero-order valence-electron chi connectivity index (χ0n) is 9.21. The number of nitrogens with zero attached hydrogens (tertiary/aromatic N) is 1. The SMILES string of the molecule is CNC(=O)c1ccc2c(c1)CCCN2C. The Bertz CT molecular complexity index is 387. The average molecular weight is 204 g/mol. The van der Waals surface area contributed by atoms with Crippen molar-refractivity contribution >= 4 is 11.6 Å². The summed E-state index contributed by atoms with van der Waals surface area (Å²) in [5.41, 5.74) is 3.30. The first-order valence-electron chi connectivity index (χ1n) is 5.28. The van der Waals surface area contributed by atoms with Gasteiger partial charge in [0.25, 0.3) is 5.91 Å². The summed E-state index contributed by atoms with van der Waals surface area (Å²) >= 11 is 0. The lowest BCUT2D eigenvalue weighted by Crippen LogP contribution is -2.25. The molecular formula is C12H16N2O. The van der Waals surface area contributed by atoms with E-state index in [0.717, 1.165) is 18.5 Å². The van der Waals surface area contributed by atoms with Gasteiger partial charge in [0, 0.05) is 31.9 Å². The van der Waals surface area contributed by atoms with E-state index in [-0.39, 0.29) is 5.91 Å². The van der Waals surface area contributed by atoms with Gasteiger partial charge in [0.15, 0.2) is 0 Å². The highest BCUT2D eigenvalue weighted by atomic mass is 16.1. The van der Waals surface area contributed by atoms with Crippen molar-refractivity contribution in [3.63, 3.8) is 0 Å². The Labute approximate surface area is 90.1 Å². The van der Waals surface area contributed by atoms with E-state index in [9.17, 15) is 4.79 Å². The minimum Gasteiger partial charge on any atom is -0.374 e.